The van der Waals surface area contributed by atoms with Crippen LogP contribution in [0.5, 0.6) is 0 Å². The maximum Gasteiger partial charge on any atom is 0.113 e. The summed E-state index contributed by atoms with van der Waals surface area (Å²) in [6, 6.07) is 0. The molecule has 0 amide bonds. The van der Waals surface area contributed by atoms with Gasteiger partial charge in [0.15, 0.2) is 0 Å². The molecule has 0 unspecified atom stereocenters. The highest BCUT2D eigenvalue weighted by molar-refractivity contribution is 7.11. The van der Waals surface area contributed by atoms with Crippen LogP contribution < -0.4 is 5.73 Å². The number of nitrogens with zero attached hydrogens (tertiary/aromatic N) is 1. The normalized spacial score (nSPS) is 25.6. The summed E-state index contributed by atoms with van der Waals surface area (Å²) < 4.78 is 0. The van der Waals surface area contributed by atoms with Crippen LogP contribution in [-0.4, -0.2) is 4.98 Å². The molecule has 0 atom stereocenters. The highest BCUT2D eigenvalue weighted by Crippen LogP contribution is 2.42. The van der Waals surface area contributed by atoms with Crippen LogP contribution >= 0.6 is 11.3 Å². The monoisotopic (exact) mass is 278 g/mol. The van der Waals surface area contributed by atoms with E-state index >= 15 is 0 Å². The van der Waals surface area contributed by atoms with Crippen LogP contribution in [0.4, 0.5) is 0 Å². The Kier molecular flexibility index (Phi) is 3.46. The topological polar surface area (TPSA) is 38.9 Å². The first-order valence-corrected chi connectivity index (χ1v) is 8.58. The van der Waals surface area contributed by atoms with Crippen LogP contribution in [0.1, 0.15) is 74.4 Å². The van der Waals surface area contributed by atoms with E-state index in [0.29, 0.717) is 5.41 Å². The van der Waals surface area contributed by atoms with Crippen molar-refractivity contribution in [2.24, 2.45) is 11.1 Å². The van der Waals surface area contributed by atoms with Crippen molar-refractivity contribution in [1.82, 2.24) is 4.98 Å². The Balaban J connectivity index is 1.88. The van der Waals surface area contributed by atoms with Crippen LogP contribution in [0, 0.1) is 5.41 Å². The van der Waals surface area contributed by atoms with Crippen molar-refractivity contribution in [3.63, 3.8) is 0 Å². The molecule has 3 rings (SSSR count). The van der Waals surface area contributed by atoms with E-state index in [-0.39, 0.29) is 5.54 Å². The van der Waals surface area contributed by atoms with E-state index in [2.05, 4.69) is 13.8 Å². The third-order valence-electron chi connectivity index (χ3n) is 4.88. The van der Waals surface area contributed by atoms with E-state index in [1.54, 1.807) is 0 Å². The lowest BCUT2D eigenvalue weighted by atomic mass is 9.79. The fourth-order valence-corrected chi connectivity index (χ4v) is 5.01. The lowest BCUT2D eigenvalue weighted by Gasteiger charge is -2.28. The lowest BCUT2D eigenvalue weighted by molar-refractivity contribution is 0.316. The van der Waals surface area contributed by atoms with E-state index < -0.39 is 0 Å². The molecule has 1 aromatic heterocycles. The van der Waals surface area contributed by atoms with Crippen LogP contribution in [-0.2, 0) is 18.4 Å². The second-order valence-corrected chi connectivity index (χ2v) is 8.38. The summed E-state index contributed by atoms with van der Waals surface area (Å²) in [5.41, 5.74) is 8.39. The zero-order valence-electron chi connectivity index (χ0n) is 12.3. The average Bonchev–Trinajstić information content (AvgIpc) is 2.63. The van der Waals surface area contributed by atoms with Crippen molar-refractivity contribution >= 4 is 11.3 Å². The molecule has 1 saturated carbocycles. The third kappa shape index (κ3) is 2.73. The molecule has 19 heavy (non-hydrogen) atoms. The van der Waals surface area contributed by atoms with Gasteiger partial charge >= 0.3 is 0 Å². The van der Waals surface area contributed by atoms with Crippen LogP contribution in [0.3, 0.4) is 0 Å². The standard InChI is InChI=1S/C16H26N2S/c1-15(2)10-7-12-13(11-15)19-14(18-12)16(17)8-5-3-4-6-9-16/h3-11,17H2,1-2H3. The Hall–Kier alpha value is -0.410. The molecule has 0 bridgehead atoms. The molecule has 3 heteroatoms. The molecule has 2 aliphatic carbocycles. The minimum Gasteiger partial charge on any atom is -0.319 e. The van der Waals surface area contributed by atoms with E-state index in [9.17, 15) is 0 Å². The van der Waals surface area contributed by atoms with Gasteiger partial charge in [0.2, 0.25) is 0 Å². The van der Waals surface area contributed by atoms with Crippen molar-refractivity contribution < 1.29 is 0 Å². The number of aromatic nitrogens is 1. The van der Waals surface area contributed by atoms with Crippen molar-refractivity contribution in [3.8, 4) is 0 Å². The van der Waals surface area contributed by atoms with Crippen LogP contribution in [0.15, 0.2) is 0 Å². The maximum atomic E-state index is 6.71. The number of aryl methyl sites for hydroxylation is 1. The molecule has 2 aliphatic rings. The van der Waals surface area contributed by atoms with Gasteiger partial charge in [-0.05, 0) is 37.5 Å². The van der Waals surface area contributed by atoms with Crippen molar-refractivity contribution in [3.05, 3.63) is 15.6 Å². The number of thiazole rings is 1. The molecular formula is C16H26N2S. The average molecular weight is 278 g/mol. The van der Waals surface area contributed by atoms with Gasteiger partial charge in [-0.1, -0.05) is 39.5 Å². The van der Waals surface area contributed by atoms with E-state index in [1.165, 1.54) is 54.1 Å². The van der Waals surface area contributed by atoms with Gasteiger partial charge in [0.1, 0.15) is 5.01 Å². The van der Waals surface area contributed by atoms with Crippen molar-refractivity contribution in [2.75, 3.05) is 0 Å². The summed E-state index contributed by atoms with van der Waals surface area (Å²) in [4.78, 5) is 6.46. The van der Waals surface area contributed by atoms with Crippen LogP contribution in [0.25, 0.3) is 0 Å². The van der Waals surface area contributed by atoms with Gasteiger partial charge in [-0.25, -0.2) is 4.98 Å². The fraction of sp³-hybridized carbons (Fsp3) is 0.812. The summed E-state index contributed by atoms with van der Waals surface area (Å²) >= 11 is 1.92. The number of rotatable bonds is 1. The first kappa shape index (κ1) is 13.6. The molecule has 0 radical (unpaired) electrons. The SMILES string of the molecule is CC1(C)CCc2nc(C3(N)CCCCCC3)sc2C1. The minimum atomic E-state index is -0.122. The quantitative estimate of drug-likeness (QED) is 0.783. The Morgan fingerprint density at radius 3 is 2.42 bits per heavy atom. The van der Waals surface area contributed by atoms with E-state index in [4.69, 9.17) is 10.7 Å². The van der Waals surface area contributed by atoms with Gasteiger partial charge in [-0.15, -0.1) is 11.3 Å². The first-order valence-electron chi connectivity index (χ1n) is 7.77. The van der Waals surface area contributed by atoms with Crippen molar-refractivity contribution in [2.45, 2.75) is 77.2 Å². The molecule has 0 spiro atoms. The smallest absolute Gasteiger partial charge is 0.113 e. The second kappa shape index (κ2) is 4.85. The Morgan fingerprint density at radius 2 is 1.74 bits per heavy atom. The Bertz CT molecular complexity index is 453. The van der Waals surface area contributed by atoms with E-state index in [1.807, 2.05) is 11.3 Å². The van der Waals surface area contributed by atoms with Crippen LogP contribution in [0.2, 0.25) is 0 Å². The number of hydrogen-bond donors (Lipinski definition) is 1. The summed E-state index contributed by atoms with van der Waals surface area (Å²) in [5.74, 6) is 0. The number of hydrogen-bond acceptors (Lipinski definition) is 3. The maximum absolute atomic E-state index is 6.71. The van der Waals surface area contributed by atoms with Gasteiger partial charge in [0.25, 0.3) is 0 Å². The highest BCUT2D eigenvalue weighted by Gasteiger charge is 2.35. The van der Waals surface area contributed by atoms with Gasteiger partial charge in [0, 0.05) is 4.88 Å². The third-order valence-corrected chi connectivity index (χ3v) is 6.20. The predicted molar refractivity (Wildman–Crippen MR) is 81.5 cm³/mol. The first-order chi connectivity index (χ1) is 8.99. The van der Waals surface area contributed by atoms with Crippen molar-refractivity contribution in [1.29, 1.82) is 0 Å². The molecule has 106 valence electrons. The van der Waals surface area contributed by atoms with Gasteiger partial charge in [-0.2, -0.15) is 0 Å². The highest BCUT2D eigenvalue weighted by atomic mass is 32.1. The zero-order chi connectivity index (χ0) is 13.5. The summed E-state index contributed by atoms with van der Waals surface area (Å²) in [7, 11) is 0. The predicted octanol–water partition coefficient (Wildman–Crippen LogP) is 4.17. The molecule has 0 aliphatic heterocycles. The molecule has 2 N–H and O–H groups in total. The molecule has 1 heterocycles. The number of nitrogens with two attached hydrogens (primary N) is 1. The lowest BCUT2D eigenvalue weighted by Crippen LogP contribution is -2.35. The van der Waals surface area contributed by atoms with Gasteiger partial charge < -0.3 is 5.73 Å². The Morgan fingerprint density at radius 1 is 1.05 bits per heavy atom. The summed E-state index contributed by atoms with van der Waals surface area (Å²) in [6.07, 6.45) is 11.1. The molecule has 0 aromatic carbocycles. The summed E-state index contributed by atoms with van der Waals surface area (Å²) in [6.45, 7) is 4.75. The largest absolute Gasteiger partial charge is 0.319 e. The van der Waals surface area contributed by atoms with E-state index in [0.717, 1.165) is 19.3 Å². The molecule has 2 nitrogen and oxygen atoms in total. The minimum absolute atomic E-state index is 0.122. The Labute approximate surface area is 120 Å². The molecule has 1 fully saturated rings. The molecule has 1 aromatic rings. The molecule has 0 saturated heterocycles. The fourth-order valence-electron chi connectivity index (χ4n) is 3.48. The zero-order valence-corrected chi connectivity index (χ0v) is 13.1. The molecular weight excluding hydrogens is 252 g/mol. The van der Waals surface area contributed by atoms with Gasteiger partial charge in [-0.3, -0.25) is 0 Å². The summed E-state index contributed by atoms with van der Waals surface area (Å²) in [5, 5.41) is 1.23. The second-order valence-electron chi connectivity index (χ2n) is 7.30. The number of fused-ring (bicyclic) bond motifs is 1. The van der Waals surface area contributed by atoms with Gasteiger partial charge in [0.05, 0.1) is 11.2 Å².